The van der Waals surface area contributed by atoms with E-state index < -0.39 is 12.1 Å². The number of imide groups is 1. The van der Waals surface area contributed by atoms with Gasteiger partial charge in [-0.3, -0.25) is 9.69 Å². The molecular weight excluding hydrogens is 321 g/mol. The number of hydrogen-bond donors (Lipinski definition) is 1. The Morgan fingerprint density at radius 1 is 1.08 bits per heavy atom. The fourth-order valence-electron chi connectivity index (χ4n) is 2.94. The summed E-state index contributed by atoms with van der Waals surface area (Å²) in [5.41, 5.74) is 1.78. The van der Waals surface area contributed by atoms with Gasteiger partial charge in [0.1, 0.15) is 11.9 Å². The topological polar surface area (TPSA) is 52.6 Å². The van der Waals surface area contributed by atoms with E-state index in [1.807, 2.05) is 36.4 Å². The molecule has 5 nitrogen and oxygen atoms in total. The van der Waals surface area contributed by atoms with Crippen molar-refractivity contribution in [3.63, 3.8) is 0 Å². The number of benzene rings is 2. The van der Waals surface area contributed by atoms with Gasteiger partial charge in [0.15, 0.2) is 0 Å². The summed E-state index contributed by atoms with van der Waals surface area (Å²) in [6.45, 7) is 0.602. The van der Waals surface area contributed by atoms with Crippen molar-refractivity contribution in [3.8, 4) is 0 Å². The normalized spacial score (nSPS) is 17.2. The van der Waals surface area contributed by atoms with E-state index >= 15 is 0 Å². The molecule has 1 aliphatic heterocycles. The molecule has 2 aromatic rings. The molecule has 1 saturated heterocycles. The Hall–Kier alpha value is -2.73. The summed E-state index contributed by atoms with van der Waals surface area (Å²) in [7, 11) is 1.79. The molecule has 1 fully saturated rings. The van der Waals surface area contributed by atoms with E-state index in [-0.39, 0.29) is 18.4 Å². The van der Waals surface area contributed by atoms with Crippen molar-refractivity contribution < 1.29 is 14.0 Å². The minimum atomic E-state index is -0.544. The van der Waals surface area contributed by atoms with Crippen molar-refractivity contribution in [2.75, 3.05) is 13.7 Å². The number of nitrogens with one attached hydrogen (secondary N) is 1. The third-order valence-electron chi connectivity index (χ3n) is 4.11. The predicted molar refractivity (Wildman–Crippen MR) is 92.0 cm³/mol. The number of halogens is 1. The second kappa shape index (κ2) is 7.44. The van der Waals surface area contributed by atoms with Crippen molar-refractivity contribution in [3.05, 3.63) is 71.5 Å². The van der Waals surface area contributed by atoms with E-state index in [9.17, 15) is 14.0 Å². The summed E-state index contributed by atoms with van der Waals surface area (Å²) < 4.78 is 13.3. The van der Waals surface area contributed by atoms with E-state index in [0.717, 1.165) is 11.1 Å². The minimum Gasteiger partial charge on any atom is -0.325 e. The summed E-state index contributed by atoms with van der Waals surface area (Å²) in [6, 6.07) is 14.9. The van der Waals surface area contributed by atoms with Crippen molar-refractivity contribution in [1.29, 1.82) is 0 Å². The van der Waals surface area contributed by atoms with Gasteiger partial charge < -0.3 is 5.32 Å². The van der Waals surface area contributed by atoms with Crippen LogP contribution in [0.4, 0.5) is 9.18 Å². The van der Waals surface area contributed by atoms with Gasteiger partial charge in [-0.25, -0.2) is 14.1 Å². The van der Waals surface area contributed by atoms with Crippen LogP contribution in [0.3, 0.4) is 0 Å². The smallest absolute Gasteiger partial charge is 0.325 e. The zero-order valence-corrected chi connectivity index (χ0v) is 14.0. The Morgan fingerprint density at radius 3 is 2.52 bits per heavy atom. The minimum absolute atomic E-state index is 0.159. The Morgan fingerprint density at radius 2 is 1.80 bits per heavy atom. The molecule has 1 aliphatic rings. The number of nitrogens with zero attached hydrogens (tertiary/aromatic N) is 2. The van der Waals surface area contributed by atoms with Crippen LogP contribution in [-0.4, -0.2) is 41.5 Å². The SMILES string of the molecule is CN(Cc1cccc(F)c1)CN1C(=O)N[C@@H](Cc2ccccc2)C1=O. The molecule has 3 rings (SSSR count). The zero-order valence-electron chi connectivity index (χ0n) is 14.0. The second-order valence-electron chi connectivity index (χ2n) is 6.24. The van der Waals surface area contributed by atoms with Crippen LogP contribution in [0.5, 0.6) is 0 Å². The van der Waals surface area contributed by atoms with Gasteiger partial charge in [-0.05, 0) is 30.3 Å². The molecular formula is C19H20FN3O2. The molecule has 130 valence electrons. The van der Waals surface area contributed by atoms with Crippen LogP contribution in [0.25, 0.3) is 0 Å². The molecule has 25 heavy (non-hydrogen) atoms. The standard InChI is InChI=1S/C19H20FN3O2/c1-22(12-15-8-5-9-16(20)10-15)13-23-18(24)17(21-19(23)25)11-14-6-3-2-4-7-14/h2-10,17H,11-13H2,1H3,(H,21,25)/t17-/m0/s1. The van der Waals surface area contributed by atoms with Gasteiger partial charge in [0.05, 0.1) is 6.67 Å². The highest BCUT2D eigenvalue weighted by Gasteiger charge is 2.38. The highest BCUT2D eigenvalue weighted by atomic mass is 19.1. The average molecular weight is 341 g/mol. The number of urea groups is 1. The molecule has 2 aromatic carbocycles. The number of carbonyl (C=O) groups excluding carboxylic acids is 2. The Kier molecular flexibility index (Phi) is 5.09. The molecule has 1 N–H and O–H groups in total. The molecule has 0 bridgehead atoms. The Labute approximate surface area is 146 Å². The fourth-order valence-corrected chi connectivity index (χ4v) is 2.94. The maximum atomic E-state index is 13.3. The molecule has 0 saturated carbocycles. The first-order valence-corrected chi connectivity index (χ1v) is 8.12. The monoisotopic (exact) mass is 341 g/mol. The molecule has 0 aromatic heterocycles. The number of rotatable bonds is 6. The van der Waals surface area contributed by atoms with Crippen LogP contribution in [0.15, 0.2) is 54.6 Å². The largest absolute Gasteiger partial charge is 0.325 e. The number of amides is 3. The van der Waals surface area contributed by atoms with Gasteiger partial charge in [-0.2, -0.15) is 0 Å². The van der Waals surface area contributed by atoms with Gasteiger partial charge in [0.2, 0.25) is 0 Å². The van der Waals surface area contributed by atoms with Gasteiger partial charge in [-0.1, -0.05) is 42.5 Å². The van der Waals surface area contributed by atoms with Crippen molar-refractivity contribution in [2.45, 2.75) is 19.0 Å². The Bertz CT molecular complexity index is 766. The molecule has 1 heterocycles. The molecule has 0 unspecified atom stereocenters. The molecule has 6 heteroatoms. The third kappa shape index (κ3) is 4.22. The van der Waals surface area contributed by atoms with Crippen LogP contribution in [0, 0.1) is 5.82 Å². The lowest BCUT2D eigenvalue weighted by molar-refractivity contribution is -0.128. The van der Waals surface area contributed by atoms with Crippen LogP contribution in [0.1, 0.15) is 11.1 Å². The summed E-state index contributed by atoms with van der Waals surface area (Å²) in [5, 5.41) is 2.73. The van der Waals surface area contributed by atoms with E-state index in [1.54, 1.807) is 18.0 Å². The fraction of sp³-hybridized carbons (Fsp3) is 0.263. The van der Waals surface area contributed by atoms with Crippen molar-refractivity contribution in [2.24, 2.45) is 0 Å². The highest BCUT2D eigenvalue weighted by Crippen LogP contribution is 2.14. The van der Waals surface area contributed by atoms with Gasteiger partial charge >= 0.3 is 6.03 Å². The van der Waals surface area contributed by atoms with Crippen molar-refractivity contribution in [1.82, 2.24) is 15.1 Å². The maximum absolute atomic E-state index is 13.3. The van der Waals surface area contributed by atoms with E-state index in [1.165, 1.54) is 17.0 Å². The second-order valence-corrected chi connectivity index (χ2v) is 6.24. The quantitative estimate of drug-likeness (QED) is 0.821. The lowest BCUT2D eigenvalue weighted by atomic mass is 10.1. The number of carbonyl (C=O) groups is 2. The summed E-state index contributed by atoms with van der Waals surface area (Å²) in [4.78, 5) is 27.7. The first kappa shape index (κ1) is 17.1. The first-order chi connectivity index (χ1) is 12.0. The molecule has 3 amide bonds. The first-order valence-electron chi connectivity index (χ1n) is 8.12. The predicted octanol–water partition coefficient (Wildman–Crippen LogP) is 2.38. The van der Waals surface area contributed by atoms with Crippen LogP contribution >= 0.6 is 0 Å². The van der Waals surface area contributed by atoms with E-state index in [2.05, 4.69) is 5.32 Å². The lowest BCUT2D eigenvalue weighted by Gasteiger charge is -2.22. The van der Waals surface area contributed by atoms with E-state index in [4.69, 9.17) is 0 Å². The third-order valence-corrected chi connectivity index (χ3v) is 4.11. The summed E-state index contributed by atoms with van der Waals surface area (Å²) in [5.74, 6) is -0.538. The summed E-state index contributed by atoms with van der Waals surface area (Å²) >= 11 is 0. The molecule has 0 radical (unpaired) electrons. The van der Waals surface area contributed by atoms with Crippen LogP contribution in [-0.2, 0) is 17.8 Å². The zero-order chi connectivity index (χ0) is 17.8. The van der Waals surface area contributed by atoms with Crippen molar-refractivity contribution >= 4 is 11.9 Å². The van der Waals surface area contributed by atoms with Crippen LogP contribution < -0.4 is 5.32 Å². The van der Waals surface area contributed by atoms with Crippen LogP contribution in [0.2, 0.25) is 0 Å². The maximum Gasteiger partial charge on any atom is 0.325 e. The van der Waals surface area contributed by atoms with Gasteiger partial charge in [-0.15, -0.1) is 0 Å². The van der Waals surface area contributed by atoms with E-state index in [0.29, 0.717) is 13.0 Å². The highest BCUT2D eigenvalue weighted by molar-refractivity contribution is 6.04. The average Bonchev–Trinajstić information content (AvgIpc) is 2.83. The lowest BCUT2D eigenvalue weighted by Crippen LogP contribution is -2.40. The molecule has 0 aliphatic carbocycles. The Balaban J connectivity index is 1.60. The number of hydrogen-bond acceptors (Lipinski definition) is 3. The van der Waals surface area contributed by atoms with Gasteiger partial charge in [0, 0.05) is 13.0 Å². The molecule has 0 spiro atoms. The molecule has 1 atom stereocenters. The summed E-state index contributed by atoms with van der Waals surface area (Å²) in [6.07, 6.45) is 0.468. The van der Waals surface area contributed by atoms with Gasteiger partial charge in [0.25, 0.3) is 5.91 Å².